The lowest BCUT2D eigenvalue weighted by Crippen LogP contribution is -2.00. The number of rotatable bonds is 1. The molecule has 3 heteroatoms. The summed E-state index contributed by atoms with van der Waals surface area (Å²) < 4.78 is 5.41. The lowest BCUT2D eigenvalue weighted by Gasteiger charge is -1.97. The molecule has 0 aliphatic heterocycles. The van der Waals surface area contributed by atoms with E-state index in [0.717, 1.165) is 4.47 Å². The van der Waals surface area contributed by atoms with E-state index in [-0.39, 0.29) is 5.97 Å². The first kappa shape index (κ1) is 12.2. The zero-order valence-corrected chi connectivity index (χ0v) is 9.59. The first-order valence-corrected chi connectivity index (χ1v) is 4.87. The second-order valence-corrected chi connectivity index (χ2v) is 2.92. The normalized spacial score (nSPS) is 8.31. The molecule has 0 atom stereocenters. The van der Waals surface area contributed by atoms with Crippen molar-refractivity contribution in [3.05, 3.63) is 34.3 Å². The summed E-state index contributed by atoms with van der Waals surface area (Å²) in [6, 6.07) is 7.06. The number of methoxy groups -OCH3 is 1. The molecule has 0 saturated heterocycles. The van der Waals surface area contributed by atoms with Crippen LogP contribution in [0.5, 0.6) is 0 Å². The quantitative estimate of drug-likeness (QED) is 0.710. The maximum absolute atomic E-state index is 10.9. The van der Waals surface area contributed by atoms with Crippen LogP contribution in [0.15, 0.2) is 28.7 Å². The van der Waals surface area contributed by atoms with Crippen LogP contribution < -0.4 is 0 Å². The third-order valence-electron chi connectivity index (χ3n) is 1.25. The highest BCUT2D eigenvalue weighted by atomic mass is 79.9. The van der Waals surface area contributed by atoms with Crippen molar-refractivity contribution in [1.29, 1.82) is 0 Å². The molecule has 0 aliphatic carbocycles. The van der Waals surface area contributed by atoms with Gasteiger partial charge in [-0.25, -0.2) is 4.79 Å². The third-order valence-corrected chi connectivity index (χ3v) is 1.74. The molecule has 13 heavy (non-hydrogen) atoms. The Morgan fingerprint density at radius 1 is 1.38 bits per heavy atom. The number of halogens is 1. The molecule has 0 unspecified atom stereocenters. The van der Waals surface area contributed by atoms with Gasteiger partial charge in [0.2, 0.25) is 0 Å². The van der Waals surface area contributed by atoms with Crippen LogP contribution in [0.1, 0.15) is 24.2 Å². The summed E-state index contributed by atoms with van der Waals surface area (Å²) in [6.45, 7) is 4.00. The van der Waals surface area contributed by atoms with Crippen LogP contribution in [0.4, 0.5) is 0 Å². The van der Waals surface area contributed by atoms with Gasteiger partial charge in [0.05, 0.1) is 12.7 Å². The maximum atomic E-state index is 10.9. The van der Waals surface area contributed by atoms with Crippen molar-refractivity contribution in [2.24, 2.45) is 0 Å². The fourth-order valence-corrected chi connectivity index (χ4v) is 1.13. The molecule has 0 bridgehead atoms. The van der Waals surface area contributed by atoms with Gasteiger partial charge in [0.15, 0.2) is 0 Å². The highest BCUT2D eigenvalue weighted by molar-refractivity contribution is 9.10. The van der Waals surface area contributed by atoms with Crippen molar-refractivity contribution in [2.75, 3.05) is 7.11 Å². The van der Waals surface area contributed by atoms with Gasteiger partial charge >= 0.3 is 5.97 Å². The number of carbonyl (C=O) groups excluding carboxylic acids is 1. The fourth-order valence-electron chi connectivity index (χ4n) is 0.733. The SMILES string of the molecule is CC.COC(=O)c1cccc(Br)c1. The van der Waals surface area contributed by atoms with Crippen LogP contribution in [0.3, 0.4) is 0 Å². The first-order valence-electron chi connectivity index (χ1n) is 4.08. The van der Waals surface area contributed by atoms with Crippen LogP contribution >= 0.6 is 15.9 Å². The van der Waals surface area contributed by atoms with E-state index in [1.165, 1.54) is 7.11 Å². The number of hydrogen-bond acceptors (Lipinski definition) is 2. The summed E-state index contributed by atoms with van der Waals surface area (Å²) >= 11 is 3.25. The Morgan fingerprint density at radius 2 is 2.00 bits per heavy atom. The fraction of sp³-hybridized carbons (Fsp3) is 0.300. The summed E-state index contributed by atoms with van der Waals surface area (Å²) in [5.41, 5.74) is 0.557. The maximum Gasteiger partial charge on any atom is 0.337 e. The van der Waals surface area contributed by atoms with Gasteiger partial charge in [-0.1, -0.05) is 35.8 Å². The number of esters is 1. The molecule has 1 aromatic carbocycles. The average molecular weight is 245 g/mol. The second-order valence-electron chi connectivity index (χ2n) is 2.00. The molecule has 2 nitrogen and oxygen atoms in total. The Kier molecular flexibility index (Phi) is 6.24. The lowest BCUT2D eigenvalue weighted by atomic mass is 10.2. The van der Waals surface area contributed by atoms with Gasteiger partial charge in [0, 0.05) is 4.47 Å². The standard InChI is InChI=1S/C8H7BrO2.C2H6/c1-11-8(10)6-3-2-4-7(9)5-6;1-2/h2-5H,1H3;1-2H3. The molecule has 0 N–H and O–H groups in total. The van der Waals surface area contributed by atoms with Crippen LogP contribution in [-0.2, 0) is 4.74 Å². The minimum absolute atomic E-state index is 0.314. The van der Waals surface area contributed by atoms with Crippen molar-refractivity contribution >= 4 is 21.9 Å². The highest BCUT2D eigenvalue weighted by Gasteiger charge is 2.03. The summed E-state index contributed by atoms with van der Waals surface area (Å²) in [6.07, 6.45) is 0. The molecule has 0 aromatic heterocycles. The summed E-state index contributed by atoms with van der Waals surface area (Å²) in [5, 5.41) is 0. The van der Waals surface area contributed by atoms with Gasteiger partial charge in [-0.05, 0) is 18.2 Å². The Balaban J connectivity index is 0.000000671. The number of benzene rings is 1. The molecule has 0 radical (unpaired) electrons. The molecule has 0 spiro atoms. The van der Waals surface area contributed by atoms with Crippen molar-refractivity contribution in [3.8, 4) is 0 Å². The predicted octanol–water partition coefficient (Wildman–Crippen LogP) is 3.26. The van der Waals surface area contributed by atoms with Gasteiger partial charge in [-0.3, -0.25) is 0 Å². The Bertz CT molecular complexity index is 271. The zero-order chi connectivity index (χ0) is 10.3. The van der Waals surface area contributed by atoms with Crippen molar-refractivity contribution in [3.63, 3.8) is 0 Å². The van der Waals surface area contributed by atoms with E-state index in [2.05, 4.69) is 20.7 Å². The lowest BCUT2D eigenvalue weighted by molar-refractivity contribution is 0.0600. The highest BCUT2D eigenvalue weighted by Crippen LogP contribution is 2.11. The van der Waals surface area contributed by atoms with Crippen LogP contribution in [-0.4, -0.2) is 13.1 Å². The Labute approximate surface area is 87.0 Å². The van der Waals surface area contributed by atoms with Gasteiger partial charge in [-0.15, -0.1) is 0 Å². The minimum atomic E-state index is -0.314. The smallest absolute Gasteiger partial charge is 0.337 e. The van der Waals surface area contributed by atoms with E-state index in [9.17, 15) is 4.79 Å². The van der Waals surface area contributed by atoms with E-state index < -0.39 is 0 Å². The number of carbonyl (C=O) groups is 1. The predicted molar refractivity (Wildman–Crippen MR) is 56.8 cm³/mol. The number of hydrogen-bond donors (Lipinski definition) is 0. The van der Waals surface area contributed by atoms with Crippen molar-refractivity contribution in [1.82, 2.24) is 0 Å². The largest absolute Gasteiger partial charge is 0.465 e. The first-order chi connectivity index (χ1) is 6.24. The monoisotopic (exact) mass is 244 g/mol. The van der Waals surface area contributed by atoms with Crippen LogP contribution in [0.2, 0.25) is 0 Å². The van der Waals surface area contributed by atoms with Crippen molar-refractivity contribution < 1.29 is 9.53 Å². The third kappa shape index (κ3) is 4.08. The second kappa shape index (κ2) is 6.66. The molecular weight excluding hydrogens is 232 g/mol. The van der Waals surface area contributed by atoms with E-state index in [1.807, 2.05) is 19.9 Å². The van der Waals surface area contributed by atoms with Crippen LogP contribution in [0.25, 0.3) is 0 Å². The van der Waals surface area contributed by atoms with E-state index in [4.69, 9.17) is 0 Å². The average Bonchev–Trinajstić information content (AvgIpc) is 2.20. The van der Waals surface area contributed by atoms with E-state index >= 15 is 0 Å². The zero-order valence-electron chi connectivity index (χ0n) is 8.00. The van der Waals surface area contributed by atoms with Crippen LogP contribution in [0, 0.1) is 0 Å². The van der Waals surface area contributed by atoms with Gasteiger partial charge in [-0.2, -0.15) is 0 Å². The molecule has 0 fully saturated rings. The molecule has 1 rings (SSSR count). The number of ether oxygens (including phenoxy) is 1. The molecular formula is C10H13BrO2. The van der Waals surface area contributed by atoms with E-state index in [1.54, 1.807) is 18.2 Å². The molecule has 72 valence electrons. The molecule has 0 aliphatic rings. The van der Waals surface area contributed by atoms with Crippen molar-refractivity contribution in [2.45, 2.75) is 13.8 Å². The topological polar surface area (TPSA) is 26.3 Å². The summed E-state index contributed by atoms with van der Waals surface area (Å²) in [4.78, 5) is 10.9. The summed E-state index contributed by atoms with van der Waals surface area (Å²) in [7, 11) is 1.36. The molecule has 0 amide bonds. The van der Waals surface area contributed by atoms with Gasteiger partial charge in [0.25, 0.3) is 0 Å². The molecule has 0 heterocycles. The minimum Gasteiger partial charge on any atom is -0.465 e. The van der Waals surface area contributed by atoms with E-state index in [0.29, 0.717) is 5.56 Å². The Morgan fingerprint density at radius 3 is 2.46 bits per heavy atom. The van der Waals surface area contributed by atoms with Gasteiger partial charge < -0.3 is 4.74 Å². The van der Waals surface area contributed by atoms with Gasteiger partial charge in [0.1, 0.15) is 0 Å². The Hall–Kier alpha value is -0.830. The molecule has 0 saturated carbocycles. The summed E-state index contributed by atoms with van der Waals surface area (Å²) in [5.74, 6) is -0.314. The molecule has 1 aromatic rings.